The second kappa shape index (κ2) is 11.5. The number of benzene rings is 2. The maximum Gasteiger partial charge on any atom is 0.416 e. The van der Waals surface area contributed by atoms with Crippen LogP contribution in [0.2, 0.25) is 0 Å². The third-order valence-electron chi connectivity index (χ3n) is 8.74. The summed E-state index contributed by atoms with van der Waals surface area (Å²) in [5, 5.41) is 4.71. The molecule has 1 aromatic heterocycles. The second-order valence-corrected chi connectivity index (χ2v) is 11.5. The number of rotatable bonds is 7. The number of hydrogen-bond acceptors (Lipinski definition) is 5. The molecular weight excluding hydrogens is 545 g/mol. The van der Waals surface area contributed by atoms with Gasteiger partial charge in [0.25, 0.3) is 5.91 Å². The predicted octanol–water partition coefficient (Wildman–Crippen LogP) is 6.43. The molecule has 1 aliphatic carbocycles. The number of alkyl halides is 3. The van der Waals surface area contributed by atoms with Crippen molar-refractivity contribution in [3.8, 4) is 0 Å². The molecule has 0 spiro atoms. The Morgan fingerprint density at radius 3 is 2.43 bits per heavy atom. The number of aromatic nitrogens is 2. The van der Waals surface area contributed by atoms with Crippen LogP contribution in [0.25, 0.3) is 0 Å². The van der Waals surface area contributed by atoms with E-state index in [1.807, 2.05) is 22.9 Å². The fourth-order valence-corrected chi connectivity index (χ4v) is 6.48. The van der Waals surface area contributed by atoms with Crippen molar-refractivity contribution < 1.29 is 27.5 Å². The van der Waals surface area contributed by atoms with Gasteiger partial charge in [-0.15, -0.1) is 0 Å². The zero-order valence-corrected chi connectivity index (χ0v) is 23.6. The van der Waals surface area contributed by atoms with Gasteiger partial charge in [0.05, 0.1) is 41.2 Å². The zero-order valence-electron chi connectivity index (χ0n) is 23.6. The van der Waals surface area contributed by atoms with E-state index in [-0.39, 0.29) is 41.9 Å². The highest BCUT2D eigenvalue weighted by Gasteiger charge is 2.40. The Hall–Kier alpha value is -3.82. The maximum absolute atomic E-state index is 13.7. The van der Waals surface area contributed by atoms with Crippen molar-refractivity contribution in [2.24, 2.45) is 0 Å². The summed E-state index contributed by atoms with van der Waals surface area (Å²) in [7, 11) is 0. The number of likely N-dealkylation sites (tertiary alicyclic amines) is 1. The van der Waals surface area contributed by atoms with Crippen molar-refractivity contribution in [3.63, 3.8) is 0 Å². The fourth-order valence-electron chi connectivity index (χ4n) is 6.48. The monoisotopic (exact) mass is 580 g/mol. The highest BCUT2D eigenvalue weighted by molar-refractivity contribution is 5.95. The van der Waals surface area contributed by atoms with Gasteiger partial charge in [0.2, 0.25) is 0 Å². The first-order valence-electron chi connectivity index (χ1n) is 14.8. The summed E-state index contributed by atoms with van der Waals surface area (Å²) in [5.74, 6) is -0.526. The van der Waals surface area contributed by atoms with Gasteiger partial charge < -0.3 is 14.5 Å². The van der Waals surface area contributed by atoms with Crippen molar-refractivity contribution in [1.29, 1.82) is 0 Å². The number of piperidine rings is 1. The number of amides is 1. The SMILES string of the molecule is CCOC(=O)c1cccc(N2CCC(n3ncc(C(=O)N4CCC(c5ccccc5C(F)(F)F)C4)c3C3CC3)CC2)c1. The van der Waals surface area contributed by atoms with Crippen LogP contribution < -0.4 is 4.90 Å². The smallest absolute Gasteiger partial charge is 0.416 e. The van der Waals surface area contributed by atoms with Gasteiger partial charge in [-0.1, -0.05) is 24.3 Å². The maximum atomic E-state index is 13.7. The van der Waals surface area contributed by atoms with Crippen molar-refractivity contribution in [2.45, 2.75) is 63.1 Å². The summed E-state index contributed by atoms with van der Waals surface area (Å²) in [4.78, 5) is 29.9. The van der Waals surface area contributed by atoms with E-state index in [0.717, 1.165) is 56.2 Å². The molecule has 2 saturated heterocycles. The molecule has 6 rings (SSSR count). The van der Waals surface area contributed by atoms with Gasteiger partial charge in [-0.3, -0.25) is 9.48 Å². The molecule has 1 amide bonds. The molecule has 3 aromatic rings. The molecule has 7 nitrogen and oxygen atoms in total. The van der Waals surface area contributed by atoms with E-state index >= 15 is 0 Å². The minimum Gasteiger partial charge on any atom is -0.462 e. The van der Waals surface area contributed by atoms with E-state index in [4.69, 9.17) is 9.84 Å². The van der Waals surface area contributed by atoms with Crippen LogP contribution in [-0.2, 0) is 10.9 Å². The van der Waals surface area contributed by atoms with Crippen molar-refractivity contribution >= 4 is 17.6 Å². The molecule has 1 unspecified atom stereocenters. The normalized spacial score (nSPS) is 19.8. The first kappa shape index (κ1) is 28.3. The number of anilines is 1. The molecule has 1 atom stereocenters. The minimum absolute atomic E-state index is 0.136. The topological polar surface area (TPSA) is 67.7 Å². The summed E-state index contributed by atoms with van der Waals surface area (Å²) in [5.41, 5.74) is 2.73. The van der Waals surface area contributed by atoms with E-state index in [2.05, 4.69) is 4.90 Å². The van der Waals surface area contributed by atoms with E-state index in [1.54, 1.807) is 30.2 Å². The molecule has 1 saturated carbocycles. The average molecular weight is 581 g/mol. The van der Waals surface area contributed by atoms with Crippen molar-refractivity contribution in [1.82, 2.24) is 14.7 Å². The first-order chi connectivity index (χ1) is 20.2. The molecule has 2 aromatic carbocycles. The molecular formula is C32H35F3N4O3. The molecule has 2 aliphatic heterocycles. The Balaban J connectivity index is 1.15. The van der Waals surface area contributed by atoms with E-state index < -0.39 is 11.7 Å². The molecule has 3 heterocycles. The van der Waals surface area contributed by atoms with Crippen LogP contribution in [0.5, 0.6) is 0 Å². The lowest BCUT2D eigenvalue weighted by molar-refractivity contribution is -0.138. The number of halogens is 3. The van der Waals surface area contributed by atoms with Gasteiger partial charge in [-0.25, -0.2) is 4.79 Å². The molecule has 3 fully saturated rings. The predicted molar refractivity (Wildman–Crippen MR) is 152 cm³/mol. The number of ether oxygens (including phenoxy) is 1. The van der Waals surface area contributed by atoms with Gasteiger partial charge in [0.15, 0.2) is 0 Å². The lowest BCUT2D eigenvalue weighted by Crippen LogP contribution is -2.35. The number of carbonyl (C=O) groups is 2. The fraction of sp³-hybridized carbons (Fsp3) is 0.469. The Labute approximate surface area is 243 Å². The van der Waals surface area contributed by atoms with Gasteiger partial charge in [-0.2, -0.15) is 18.3 Å². The third-order valence-corrected chi connectivity index (χ3v) is 8.74. The molecule has 0 N–H and O–H groups in total. The number of nitrogens with zero attached hydrogens (tertiary/aromatic N) is 4. The summed E-state index contributed by atoms with van der Waals surface area (Å²) in [6.07, 6.45) is 1.45. The average Bonchev–Trinajstić information content (AvgIpc) is 3.54. The minimum atomic E-state index is -4.42. The summed E-state index contributed by atoms with van der Waals surface area (Å²) in [6.45, 7) is 4.39. The van der Waals surface area contributed by atoms with Crippen LogP contribution >= 0.6 is 0 Å². The first-order valence-corrected chi connectivity index (χ1v) is 14.8. The van der Waals surface area contributed by atoms with Crippen LogP contribution in [-0.4, -0.2) is 59.3 Å². The molecule has 0 radical (unpaired) electrons. The van der Waals surface area contributed by atoms with Crippen LogP contribution in [0.15, 0.2) is 54.7 Å². The largest absolute Gasteiger partial charge is 0.462 e. The van der Waals surface area contributed by atoms with E-state index in [1.165, 1.54) is 12.1 Å². The van der Waals surface area contributed by atoms with E-state index in [9.17, 15) is 22.8 Å². The number of carbonyl (C=O) groups excluding carboxylic acids is 2. The Kier molecular flexibility index (Phi) is 7.72. The quantitative estimate of drug-likeness (QED) is 0.302. The zero-order chi connectivity index (χ0) is 29.4. The molecule has 3 aliphatic rings. The van der Waals surface area contributed by atoms with Crippen LogP contribution in [0.3, 0.4) is 0 Å². The van der Waals surface area contributed by atoms with Crippen LogP contribution in [0, 0.1) is 0 Å². The molecule has 10 heteroatoms. The van der Waals surface area contributed by atoms with Crippen LogP contribution in [0.4, 0.5) is 18.9 Å². The Morgan fingerprint density at radius 2 is 1.71 bits per heavy atom. The van der Waals surface area contributed by atoms with Gasteiger partial charge in [0.1, 0.15) is 0 Å². The number of hydrogen-bond donors (Lipinski definition) is 0. The summed E-state index contributed by atoms with van der Waals surface area (Å²) >= 11 is 0. The molecule has 0 bridgehead atoms. The highest BCUT2D eigenvalue weighted by Crippen LogP contribution is 2.44. The Morgan fingerprint density at radius 1 is 0.952 bits per heavy atom. The Bertz CT molecular complexity index is 1460. The standard InChI is InChI=1S/C32H35F3N4O3/c1-2-42-31(41)22-6-5-7-25(18-22)37-16-13-24(14-17-37)39-29(21-10-11-21)27(19-36-39)30(40)38-15-12-23(20-38)26-8-3-4-9-28(26)32(33,34)35/h3-9,18-19,21,23-24H,2,10-17,20H2,1H3. The van der Waals surface area contributed by atoms with Gasteiger partial charge >= 0.3 is 12.1 Å². The highest BCUT2D eigenvalue weighted by atomic mass is 19.4. The van der Waals surface area contributed by atoms with Crippen molar-refractivity contribution in [2.75, 3.05) is 37.7 Å². The molecule has 42 heavy (non-hydrogen) atoms. The van der Waals surface area contributed by atoms with Gasteiger partial charge in [0, 0.05) is 43.7 Å². The van der Waals surface area contributed by atoms with Crippen molar-refractivity contribution in [3.05, 3.63) is 82.7 Å². The van der Waals surface area contributed by atoms with Crippen LogP contribution in [0.1, 0.15) is 94.4 Å². The summed E-state index contributed by atoms with van der Waals surface area (Å²) < 4.78 is 48.1. The lowest BCUT2D eigenvalue weighted by Gasteiger charge is -2.34. The lowest BCUT2D eigenvalue weighted by atomic mass is 9.93. The number of esters is 1. The second-order valence-electron chi connectivity index (χ2n) is 11.5. The third kappa shape index (κ3) is 5.63. The van der Waals surface area contributed by atoms with E-state index in [0.29, 0.717) is 30.7 Å². The molecule has 222 valence electrons. The summed E-state index contributed by atoms with van der Waals surface area (Å²) in [6, 6.07) is 13.3. The van der Waals surface area contributed by atoms with Gasteiger partial charge in [-0.05, 0) is 68.9 Å².